The summed E-state index contributed by atoms with van der Waals surface area (Å²) in [6.45, 7) is 6.39. The average Bonchev–Trinajstić information content (AvgIpc) is 2.73. The first-order valence-corrected chi connectivity index (χ1v) is 9.87. The van der Waals surface area contributed by atoms with Crippen molar-refractivity contribution < 1.29 is 14.6 Å². The molecule has 1 atom stereocenters. The summed E-state index contributed by atoms with van der Waals surface area (Å²) < 4.78 is 5.44. The molecule has 4 rings (SSSR count). The first kappa shape index (κ1) is 18.7. The Kier molecular flexibility index (Phi) is 5.43. The number of piperidine rings is 1. The standard InChI is InChI=1S/C21H26N4O3/c1-15-22-19(13-20(23-15)24-8-10-28-11-9-24)17-5-3-7-25(14-17)21(27)16-4-2-6-18(26)12-16/h2,4,6,12-13,17,26H,3,5,7-11,14H2,1H3/t17-/m1/s1. The molecule has 2 fully saturated rings. The van der Waals surface area contributed by atoms with Gasteiger partial charge in [0.2, 0.25) is 0 Å². The Morgan fingerprint density at radius 1 is 1.18 bits per heavy atom. The zero-order valence-electron chi connectivity index (χ0n) is 16.2. The Morgan fingerprint density at radius 2 is 2.00 bits per heavy atom. The second-order valence-electron chi connectivity index (χ2n) is 7.44. The lowest BCUT2D eigenvalue weighted by atomic mass is 9.93. The fourth-order valence-corrected chi connectivity index (χ4v) is 3.96. The van der Waals surface area contributed by atoms with Gasteiger partial charge >= 0.3 is 0 Å². The molecule has 0 saturated carbocycles. The highest BCUT2D eigenvalue weighted by Gasteiger charge is 2.27. The topological polar surface area (TPSA) is 78.8 Å². The number of ether oxygens (including phenoxy) is 1. The maximum Gasteiger partial charge on any atom is 0.254 e. The van der Waals surface area contributed by atoms with Crippen LogP contribution in [0.4, 0.5) is 5.82 Å². The van der Waals surface area contributed by atoms with E-state index in [0.29, 0.717) is 25.3 Å². The summed E-state index contributed by atoms with van der Waals surface area (Å²) in [5, 5.41) is 9.67. The SMILES string of the molecule is Cc1nc([C@@H]2CCCN(C(=O)c3cccc(O)c3)C2)cc(N2CCOCC2)n1. The van der Waals surface area contributed by atoms with Crippen molar-refractivity contribution in [2.75, 3.05) is 44.3 Å². The lowest BCUT2D eigenvalue weighted by Crippen LogP contribution is -2.40. The molecule has 0 unspecified atom stereocenters. The number of aromatic nitrogens is 2. The van der Waals surface area contributed by atoms with Crippen molar-refractivity contribution in [1.29, 1.82) is 0 Å². The number of carbonyl (C=O) groups excluding carboxylic acids is 1. The molecule has 2 saturated heterocycles. The smallest absolute Gasteiger partial charge is 0.254 e. The van der Waals surface area contributed by atoms with Crippen molar-refractivity contribution in [2.45, 2.75) is 25.7 Å². The van der Waals surface area contributed by atoms with E-state index in [1.54, 1.807) is 18.2 Å². The van der Waals surface area contributed by atoms with Crippen LogP contribution in [0.1, 0.15) is 40.6 Å². The van der Waals surface area contributed by atoms with Crippen molar-refractivity contribution in [3.05, 3.63) is 47.4 Å². The van der Waals surface area contributed by atoms with Crippen LogP contribution in [-0.2, 0) is 4.74 Å². The number of phenolic OH excluding ortho intramolecular Hbond substituents is 1. The van der Waals surface area contributed by atoms with Gasteiger partial charge in [0.05, 0.1) is 18.9 Å². The van der Waals surface area contributed by atoms with Gasteiger partial charge in [0.15, 0.2) is 0 Å². The molecule has 2 aliphatic heterocycles. The third-order valence-electron chi connectivity index (χ3n) is 5.40. The molecular formula is C21H26N4O3. The van der Waals surface area contributed by atoms with Crippen molar-refractivity contribution in [3.63, 3.8) is 0 Å². The molecule has 1 aromatic carbocycles. The minimum absolute atomic E-state index is 0.0419. The number of morpholine rings is 1. The summed E-state index contributed by atoms with van der Waals surface area (Å²) >= 11 is 0. The van der Waals surface area contributed by atoms with Gasteiger partial charge in [-0.1, -0.05) is 6.07 Å². The molecule has 28 heavy (non-hydrogen) atoms. The number of aryl methyl sites for hydroxylation is 1. The van der Waals surface area contributed by atoms with Gasteiger partial charge in [0.25, 0.3) is 5.91 Å². The lowest BCUT2D eigenvalue weighted by Gasteiger charge is -2.33. The van der Waals surface area contributed by atoms with Gasteiger partial charge in [-0.3, -0.25) is 4.79 Å². The average molecular weight is 382 g/mol. The first-order chi connectivity index (χ1) is 13.6. The first-order valence-electron chi connectivity index (χ1n) is 9.87. The monoisotopic (exact) mass is 382 g/mol. The van der Waals surface area contributed by atoms with Gasteiger partial charge in [-0.05, 0) is 38.0 Å². The third-order valence-corrected chi connectivity index (χ3v) is 5.40. The molecule has 2 aliphatic rings. The van der Waals surface area contributed by atoms with Crippen molar-refractivity contribution in [3.8, 4) is 5.75 Å². The number of anilines is 1. The van der Waals surface area contributed by atoms with Crippen LogP contribution in [0.5, 0.6) is 5.75 Å². The molecule has 1 amide bonds. The van der Waals surface area contributed by atoms with Crippen LogP contribution in [0.25, 0.3) is 0 Å². The number of carbonyl (C=O) groups is 1. The van der Waals surface area contributed by atoms with Crippen LogP contribution >= 0.6 is 0 Å². The maximum absolute atomic E-state index is 12.9. The highest BCUT2D eigenvalue weighted by molar-refractivity contribution is 5.94. The van der Waals surface area contributed by atoms with E-state index >= 15 is 0 Å². The second kappa shape index (κ2) is 8.14. The molecule has 2 aromatic rings. The minimum atomic E-state index is -0.0419. The van der Waals surface area contributed by atoms with E-state index in [1.165, 1.54) is 6.07 Å². The predicted octanol–water partition coefficient (Wildman–Crippen LogP) is 2.35. The molecule has 7 heteroatoms. The molecular weight excluding hydrogens is 356 g/mol. The number of hydrogen-bond acceptors (Lipinski definition) is 6. The Hall–Kier alpha value is -2.67. The van der Waals surface area contributed by atoms with E-state index in [0.717, 1.165) is 49.8 Å². The van der Waals surface area contributed by atoms with Gasteiger partial charge in [-0.2, -0.15) is 0 Å². The van der Waals surface area contributed by atoms with Crippen LogP contribution in [0.2, 0.25) is 0 Å². The molecule has 1 N–H and O–H groups in total. The van der Waals surface area contributed by atoms with E-state index in [9.17, 15) is 9.90 Å². The summed E-state index contributed by atoms with van der Waals surface area (Å²) in [4.78, 5) is 26.3. The van der Waals surface area contributed by atoms with Gasteiger partial charge in [-0.25, -0.2) is 9.97 Å². The van der Waals surface area contributed by atoms with Crippen LogP contribution in [0.3, 0.4) is 0 Å². The quantitative estimate of drug-likeness (QED) is 0.878. The third kappa shape index (κ3) is 4.09. The van der Waals surface area contributed by atoms with Gasteiger partial charge in [0, 0.05) is 43.7 Å². The Balaban J connectivity index is 1.52. The molecule has 0 bridgehead atoms. The summed E-state index contributed by atoms with van der Waals surface area (Å²) in [5.41, 5.74) is 1.52. The summed E-state index contributed by atoms with van der Waals surface area (Å²) in [6.07, 6.45) is 1.94. The minimum Gasteiger partial charge on any atom is -0.508 e. The molecule has 0 aliphatic carbocycles. The van der Waals surface area contributed by atoms with Crippen LogP contribution in [0.15, 0.2) is 30.3 Å². The number of likely N-dealkylation sites (tertiary alicyclic amines) is 1. The number of aromatic hydroxyl groups is 1. The Bertz CT molecular complexity index is 851. The van der Waals surface area contributed by atoms with E-state index in [4.69, 9.17) is 4.74 Å². The fraction of sp³-hybridized carbons (Fsp3) is 0.476. The Labute approximate surface area is 165 Å². The summed E-state index contributed by atoms with van der Waals surface area (Å²) in [7, 11) is 0. The van der Waals surface area contributed by atoms with E-state index in [2.05, 4.69) is 20.9 Å². The van der Waals surface area contributed by atoms with Crippen LogP contribution in [-0.4, -0.2) is 65.3 Å². The highest BCUT2D eigenvalue weighted by atomic mass is 16.5. The molecule has 3 heterocycles. The summed E-state index contributed by atoms with van der Waals surface area (Å²) in [5.74, 6) is 1.97. The van der Waals surface area contributed by atoms with E-state index in [-0.39, 0.29) is 17.6 Å². The zero-order valence-corrected chi connectivity index (χ0v) is 16.2. The number of amides is 1. The Morgan fingerprint density at radius 3 is 2.79 bits per heavy atom. The van der Waals surface area contributed by atoms with E-state index in [1.807, 2.05) is 11.8 Å². The summed E-state index contributed by atoms with van der Waals surface area (Å²) in [6, 6.07) is 8.62. The molecule has 7 nitrogen and oxygen atoms in total. The largest absolute Gasteiger partial charge is 0.508 e. The van der Waals surface area contributed by atoms with E-state index < -0.39 is 0 Å². The van der Waals surface area contributed by atoms with Gasteiger partial charge < -0.3 is 19.6 Å². The number of benzene rings is 1. The maximum atomic E-state index is 12.9. The number of hydrogen-bond donors (Lipinski definition) is 1. The van der Waals surface area contributed by atoms with Crippen LogP contribution in [0, 0.1) is 6.92 Å². The molecule has 0 radical (unpaired) electrons. The van der Waals surface area contributed by atoms with Crippen LogP contribution < -0.4 is 4.90 Å². The molecule has 0 spiro atoms. The van der Waals surface area contributed by atoms with Crippen molar-refractivity contribution in [1.82, 2.24) is 14.9 Å². The highest BCUT2D eigenvalue weighted by Crippen LogP contribution is 2.29. The predicted molar refractivity (Wildman–Crippen MR) is 106 cm³/mol. The number of phenols is 1. The fourth-order valence-electron chi connectivity index (χ4n) is 3.96. The number of rotatable bonds is 3. The van der Waals surface area contributed by atoms with Gasteiger partial charge in [0.1, 0.15) is 17.4 Å². The number of nitrogens with zero attached hydrogens (tertiary/aromatic N) is 4. The van der Waals surface area contributed by atoms with Crippen molar-refractivity contribution >= 4 is 11.7 Å². The van der Waals surface area contributed by atoms with Gasteiger partial charge in [-0.15, -0.1) is 0 Å². The lowest BCUT2D eigenvalue weighted by molar-refractivity contribution is 0.0705. The normalized spacial score (nSPS) is 20.2. The van der Waals surface area contributed by atoms with Crippen molar-refractivity contribution in [2.24, 2.45) is 0 Å². The zero-order chi connectivity index (χ0) is 19.5. The second-order valence-corrected chi connectivity index (χ2v) is 7.44. The molecule has 148 valence electrons. The molecule has 1 aromatic heterocycles.